The van der Waals surface area contributed by atoms with Gasteiger partial charge in [0.1, 0.15) is 5.75 Å². The van der Waals surface area contributed by atoms with Crippen LogP contribution in [0.2, 0.25) is 0 Å². The summed E-state index contributed by atoms with van der Waals surface area (Å²) in [5.41, 5.74) is 1.28. The van der Waals surface area contributed by atoms with Gasteiger partial charge in [-0.05, 0) is 50.3 Å². The zero-order valence-electron chi connectivity index (χ0n) is 12.2. The summed E-state index contributed by atoms with van der Waals surface area (Å²) in [5, 5.41) is 3.72. The van der Waals surface area contributed by atoms with E-state index < -0.39 is 0 Å². The summed E-state index contributed by atoms with van der Waals surface area (Å²) in [7, 11) is 3.53. The van der Waals surface area contributed by atoms with E-state index in [1.165, 1.54) is 24.8 Å². The van der Waals surface area contributed by atoms with Crippen LogP contribution in [0.1, 0.15) is 44.2 Å². The number of ether oxygens (including phenoxy) is 2. The van der Waals surface area contributed by atoms with E-state index in [-0.39, 0.29) is 0 Å². The van der Waals surface area contributed by atoms with Crippen LogP contribution in [0.4, 0.5) is 0 Å². The Morgan fingerprint density at radius 3 is 2.84 bits per heavy atom. The first kappa shape index (κ1) is 14.4. The molecule has 3 atom stereocenters. The summed E-state index contributed by atoms with van der Waals surface area (Å²) in [6.45, 7) is 2.21. The second-order valence-electron chi connectivity index (χ2n) is 5.39. The molecule has 0 radical (unpaired) electrons. The summed E-state index contributed by atoms with van der Waals surface area (Å²) in [5.74, 6) is 0.921. The smallest absolute Gasteiger partial charge is 0.119 e. The van der Waals surface area contributed by atoms with Crippen LogP contribution in [0.25, 0.3) is 0 Å². The first-order valence-electron chi connectivity index (χ1n) is 7.15. The van der Waals surface area contributed by atoms with E-state index in [9.17, 15) is 0 Å². The Kier molecular flexibility index (Phi) is 5.23. The normalized spacial score (nSPS) is 25.0. The summed E-state index contributed by atoms with van der Waals surface area (Å²) < 4.78 is 10.8. The molecule has 0 amide bonds. The predicted octanol–water partition coefficient (Wildman–Crippen LogP) is 3.30. The fraction of sp³-hybridized carbons (Fsp3) is 0.625. The molecule has 1 aliphatic carbocycles. The molecule has 0 aliphatic heterocycles. The highest BCUT2D eigenvalue weighted by Gasteiger charge is 2.23. The average molecular weight is 263 g/mol. The van der Waals surface area contributed by atoms with Crippen molar-refractivity contribution in [1.29, 1.82) is 0 Å². The quantitative estimate of drug-likeness (QED) is 0.884. The van der Waals surface area contributed by atoms with Gasteiger partial charge in [-0.2, -0.15) is 0 Å². The molecule has 0 saturated heterocycles. The van der Waals surface area contributed by atoms with E-state index in [0.717, 1.165) is 12.2 Å². The van der Waals surface area contributed by atoms with Crippen molar-refractivity contribution >= 4 is 0 Å². The van der Waals surface area contributed by atoms with Crippen molar-refractivity contribution in [2.75, 3.05) is 14.2 Å². The van der Waals surface area contributed by atoms with Crippen LogP contribution < -0.4 is 10.1 Å². The van der Waals surface area contributed by atoms with Gasteiger partial charge in [-0.1, -0.05) is 12.1 Å². The van der Waals surface area contributed by atoms with Crippen molar-refractivity contribution in [3.8, 4) is 5.75 Å². The Hall–Kier alpha value is -1.06. The second kappa shape index (κ2) is 6.92. The van der Waals surface area contributed by atoms with Crippen molar-refractivity contribution in [2.45, 2.75) is 50.8 Å². The molecule has 106 valence electrons. The minimum atomic E-state index is 0.343. The maximum atomic E-state index is 5.49. The fourth-order valence-corrected chi connectivity index (χ4v) is 2.87. The molecule has 1 aliphatic rings. The average Bonchev–Trinajstić information content (AvgIpc) is 2.47. The highest BCUT2D eigenvalue weighted by molar-refractivity contribution is 5.30. The van der Waals surface area contributed by atoms with Gasteiger partial charge in [-0.3, -0.25) is 0 Å². The summed E-state index contributed by atoms with van der Waals surface area (Å²) in [4.78, 5) is 0. The Morgan fingerprint density at radius 1 is 1.26 bits per heavy atom. The van der Waals surface area contributed by atoms with E-state index in [0.29, 0.717) is 18.2 Å². The predicted molar refractivity (Wildman–Crippen MR) is 77.6 cm³/mol. The van der Waals surface area contributed by atoms with E-state index in [1.807, 2.05) is 19.2 Å². The molecular weight excluding hydrogens is 238 g/mol. The van der Waals surface area contributed by atoms with Crippen LogP contribution in [-0.2, 0) is 4.74 Å². The molecule has 1 N–H and O–H groups in total. The summed E-state index contributed by atoms with van der Waals surface area (Å²) in [6, 6.07) is 9.18. The molecule has 1 fully saturated rings. The van der Waals surface area contributed by atoms with Gasteiger partial charge in [0.25, 0.3) is 0 Å². The standard InChI is InChI=1S/C16H25NO2/c1-12(13-6-4-8-15(10-13)18-2)17-14-7-5-9-16(11-14)19-3/h4,6,8,10,12,14,16-17H,5,7,9,11H2,1-3H3. The van der Waals surface area contributed by atoms with E-state index in [2.05, 4.69) is 24.4 Å². The SMILES string of the molecule is COc1cccc(C(C)NC2CCCC(OC)C2)c1. The minimum absolute atomic E-state index is 0.343. The molecule has 1 aromatic carbocycles. The Morgan fingerprint density at radius 2 is 2.11 bits per heavy atom. The van der Waals surface area contributed by atoms with Crippen LogP contribution in [0.3, 0.4) is 0 Å². The number of methoxy groups -OCH3 is 2. The van der Waals surface area contributed by atoms with Gasteiger partial charge in [-0.25, -0.2) is 0 Å². The second-order valence-corrected chi connectivity index (χ2v) is 5.39. The van der Waals surface area contributed by atoms with Crippen LogP contribution >= 0.6 is 0 Å². The van der Waals surface area contributed by atoms with Gasteiger partial charge < -0.3 is 14.8 Å². The molecule has 1 aromatic rings. The number of rotatable bonds is 5. The molecule has 19 heavy (non-hydrogen) atoms. The lowest BCUT2D eigenvalue weighted by Gasteiger charge is -2.31. The molecule has 0 aromatic heterocycles. The Labute approximate surface area is 116 Å². The number of nitrogens with one attached hydrogen (secondary N) is 1. The van der Waals surface area contributed by atoms with Gasteiger partial charge >= 0.3 is 0 Å². The Bertz CT molecular complexity index is 394. The van der Waals surface area contributed by atoms with Crippen LogP contribution in [-0.4, -0.2) is 26.4 Å². The zero-order valence-corrected chi connectivity index (χ0v) is 12.2. The van der Waals surface area contributed by atoms with Crippen molar-refractivity contribution in [1.82, 2.24) is 5.32 Å². The van der Waals surface area contributed by atoms with Crippen molar-refractivity contribution in [2.24, 2.45) is 0 Å². The molecule has 0 bridgehead atoms. The summed E-state index contributed by atoms with van der Waals surface area (Å²) >= 11 is 0. The van der Waals surface area contributed by atoms with Crippen LogP contribution in [0.5, 0.6) is 5.75 Å². The topological polar surface area (TPSA) is 30.5 Å². The number of hydrogen-bond donors (Lipinski definition) is 1. The molecule has 0 heterocycles. The van der Waals surface area contributed by atoms with Crippen LogP contribution in [0, 0.1) is 0 Å². The van der Waals surface area contributed by atoms with Crippen molar-refractivity contribution < 1.29 is 9.47 Å². The first-order chi connectivity index (χ1) is 9.22. The third kappa shape index (κ3) is 3.95. The third-order valence-electron chi connectivity index (χ3n) is 4.04. The van der Waals surface area contributed by atoms with Gasteiger partial charge in [0.05, 0.1) is 13.2 Å². The largest absolute Gasteiger partial charge is 0.497 e. The zero-order chi connectivity index (χ0) is 13.7. The van der Waals surface area contributed by atoms with Gasteiger partial charge in [0, 0.05) is 19.2 Å². The lowest BCUT2D eigenvalue weighted by Crippen LogP contribution is -2.38. The molecule has 0 spiro atoms. The lowest BCUT2D eigenvalue weighted by atomic mass is 9.92. The lowest BCUT2D eigenvalue weighted by molar-refractivity contribution is 0.0572. The first-order valence-corrected chi connectivity index (χ1v) is 7.15. The molecular formula is C16H25NO2. The maximum Gasteiger partial charge on any atom is 0.119 e. The molecule has 3 nitrogen and oxygen atoms in total. The molecule has 3 unspecified atom stereocenters. The third-order valence-corrected chi connectivity index (χ3v) is 4.04. The highest BCUT2D eigenvalue weighted by Crippen LogP contribution is 2.24. The number of benzene rings is 1. The maximum absolute atomic E-state index is 5.49. The fourth-order valence-electron chi connectivity index (χ4n) is 2.87. The monoisotopic (exact) mass is 263 g/mol. The molecule has 1 saturated carbocycles. The minimum Gasteiger partial charge on any atom is -0.497 e. The van der Waals surface area contributed by atoms with Crippen molar-refractivity contribution in [3.05, 3.63) is 29.8 Å². The summed E-state index contributed by atoms with van der Waals surface area (Å²) in [6.07, 6.45) is 5.23. The highest BCUT2D eigenvalue weighted by atomic mass is 16.5. The number of hydrogen-bond acceptors (Lipinski definition) is 3. The van der Waals surface area contributed by atoms with Crippen LogP contribution in [0.15, 0.2) is 24.3 Å². The van der Waals surface area contributed by atoms with Gasteiger partial charge in [-0.15, -0.1) is 0 Å². The van der Waals surface area contributed by atoms with Gasteiger partial charge in [0.2, 0.25) is 0 Å². The van der Waals surface area contributed by atoms with Gasteiger partial charge in [0.15, 0.2) is 0 Å². The molecule has 3 heteroatoms. The molecule has 2 rings (SSSR count). The van der Waals surface area contributed by atoms with E-state index in [4.69, 9.17) is 9.47 Å². The van der Waals surface area contributed by atoms with Crippen molar-refractivity contribution in [3.63, 3.8) is 0 Å². The Balaban J connectivity index is 1.94. The van der Waals surface area contributed by atoms with E-state index in [1.54, 1.807) is 7.11 Å². The van der Waals surface area contributed by atoms with E-state index >= 15 is 0 Å².